The number of carbonyl (C=O) groups is 1. The van der Waals surface area contributed by atoms with Gasteiger partial charge in [-0.05, 0) is 49.9 Å². The number of halogens is 1. The molecular weight excluding hydrogens is 221 g/mol. The Morgan fingerprint density at radius 1 is 1.18 bits per heavy atom. The predicted octanol–water partition coefficient (Wildman–Crippen LogP) is 3.71. The number of hydrogen-bond donors (Lipinski definition) is 1. The highest BCUT2D eigenvalue weighted by Crippen LogP contribution is 2.20. The highest BCUT2D eigenvalue weighted by atomic mass is 19.1. The molecule has 0 heterocycles. The Labute approximate surface area is 100.0 Å². The molecule has 0 bridgehead atoms. The number of carbonyl (C=O) groups excluding carboxylic acids is 1. The molecule has 17 heavy (non-hydrogen) atoms. The maximum Gasteiger partial charge on any atom is 0.411 e. The van der Waals surface area contributed by atoms with Crippen molar-refractivity contribution in [2.45, 2.75) is 38.2 Å². The van der Waals surface area contributed by atoms with Crippen LogP contribution in [0.3, 0.4) is 0 Å². The van der Waals surface area contributed by atoms with Gasteiger partial charge in [0.15, 0.2) is 0 Å². The van der Waals surface area contributed by atoms with Crippen molar-refractivity contribution in [2.24, 2.45) is 0 Å². The van der Waals surface area contributed by atoms with Crippen LogP contribution >= 0.6 is 0 Å². The molecule has 0 aliphatic heterocycles. The first-order valence-electron chi connectivity index (χ1n) is 5.97. The fourth-order valence-electron chi connectivity index (χ4n) is 2.01. The Morgan fingerprint density at radius 2 is 1.82 bits per heavy atom. The molecule has 0 spiro atoms. The van der Waals surface area contributed by atoms with E-state index in [2.05, 4.69) is 5.32 Å². The Hall–Kier alpha value is -1.58. The third kappa shape index (κ3) is 3.73. The van der Waals surface area contributed by atoms with E-state index < -0.39 is 6.09 Å². The molecule has 1 saturated carbocycles. The zero-order valence-electron chi connectivity index (χ0n) is 9.62. The second-order valence-corrected chi connectivity index (χ2v) is 4.30. The number of ether oxygens (including phenoxy) is 1. The van der Waals surface area contributed by atoms with E-state index in [1.54, 1.807) is 0 Å². The van der Waals surface area contributed by atoms with E-state index >= 15 is 0 Å². The zero-order valence-corrected chi connectivity index (χ0v) is 9.62. The largest absolute Gasteiger partial charge is 0.446 e. The van der Waals surface area contributed by atoms with Gasteiger partial charge < -0.3 is 4.74 Å². The summed E-state index contributed by atoms with van der Waals surface area (Å²) >= 11 is 0. The molecule has 1 amide bonds. The van der Waals surface area contributed by atoms with Gasteiger partial charge in [-0.1, -0.05) is 6.42 Å². The molecule has 2 rings (SSSR count). The Bertz CT molecular complexity index is 372. The summed E-state index contributed by atoms with van der Waals surface area (Å²) in [6.45, 7) is 0. The van der Waals surface area contributed by atoms with Gasteiger partial charge >= 0.3 is 6.09 Å². The SMILES string of the molecule is O=C(Nc1ccc(F)cc1)OC1CCCCC1. The topological polar surface area (TPSA) is 38.3 Å². The molecule has 3 nitrogen and oxygen atoms in total. The molecule has 1 aromatic rings. The number of nitrogens with one attached hydrogen (secondary N) is 1. The van der Waals surface area contributed by atoms with E-state index in [1.807, 2.05) is 0 Å². The number of rotatable bonds is 2. The minimum atomic E-state index is -0.455. The quantitative estimate of drug-likeness (QED) is 0.851. The molecule has 0 radical (unpaired) electrons. The lowest BCUT2D eigenvalue weighted by atomic mass is 9.98. The fourth-order valence-corrected chi connectivity index (χ4v) is 2.01. The van der Waals surface area contributed by atoms with Crippen LogP contribution < -0.4 is 5.32 Å². The lowest BCUT2D eigenvalue weighted by Crippen LogP contribution is -2.24. The summed E-state index contributed by atoms with van der Waals surface area (Å²) < 4.78 is 17.9. The van der Waals surface area contributed by atoms with E-state index in [4.69, 9.17) is 4.74 Å². The minimum Gasteiger partial charge on any atom is -0.446 e. The standard InChI is InChI=1S/C13H16FNO2/c14-10-6-8-11(9-7-10)15-13(16)17-12-4-2-1-3-5-12/h6-9,12H,1-5H2,(H,15,16). The molecule has 1 aliphatic rings. The average molecular weight is 237 g/mol. The van der Waals surface area contributed by atoms with Gasteiger partial charge in [0.1, 0.15) is 11.9 Å². The summed E-state index contributed by atoms with van der Waals surface area (Å²) in [6, 6.07) is 5.63. The molecule has 0 aromatic heterocycles. The Morgan fingerprint density at radius 3 is 2.47 bits per heavy atom. The van der Waals surface area contributed by atoms with Gasteiger partial charge in [0.2, 0.25) is 0 Å². The maximum atomic E-state index is 12.7. The van der Waals surface area contributed by atoms with Gasteiger partial charge in [-0.3, -0.25) is 5.32 Å². The molecule has 1 aliphatic carbocycles. The van der Waals surface area contributed by atoms with Gasteiger partial charge in [-0.2, -0.15) is 0 Å². The monoisotopic (exact) mass is 237 g/mol. The summed E-state index contributed by atoms with van der Waals surface area (Å²) in [5, 5.41) is 2.59. The third-order valence-corrected chi connectivity index (χ3v) is 2.92. The van der Waals surface area contributed by atoms with Crippen LogP contribution in [0.1, 0.15) is 32.1 Å². The first kappa shape index (κ1) is 11.9. The van der Waals surface area contributed by atoms with Crippen molar-refractivity contribution in [1.82, 2.24) is 0 Å². The molecule has 92 valence electrons. The first-order chi connectivity index (χ1) is 8.24. The molecule has 1 N–H and O–H groups in total. The van der Waals surface area contributed by atoms with Crippen LogP contribution in [0.4, 0.5) is 14.9 Å². The van der Waals surface area contributed by atoms with E-state index in [0.29, 0.717) is 5.69 Å². The highest BCUT2D eigenvalue weighted by molar-refractivity contribution is 5.84. The normalized spacial score (nSPS) is 16.5. The van der Waals surface area contributed by atoms with Crippen molar-refractivity contribution in [3.8, 4) is 0 Å². The van der Waals surface area contributed by atoms with Crippen LogP contribution in [-0.4, -0.2) is 12.2 Å². The molecule has 4 heteroatoms. The number of anilines is 1. The van der Waals surface area contributed by atoms with Gasteiger partial charge in [-0.15, -0.1) is 0 Å². The van der Waals surface area contributed by atoms with Crippen LogP contribution in [0.15, 0.2) is 24.3 Å². The van der Waals surface area contributed by atoms with Crippen molar-refractivity contribution < 1.29 is 13.9 Å². The first-order valence-corrected chi connectivity index (χ1v) is 5.97. The fraction of sp³-hybridized carbons (Fsp3) is 0.462. The average Bonchev–Trinajstić information content (AvgIpc) is 2.33. The second kappa shape index (κ2) is 5.66. The Kier molecular flexibility index (Phi) is 3.96. The number of benzene rings is 1. The van der Waals surface area contributed by atoms with Crippen molar-refractivity contribution in [2.75, 3.05) is 5.32 Å². The molecule has 1 aromatic carbocycles. The van der Waals surface area contributed by atoms with Gasteiger partial charge in [-0.25, -0.2) is 9.18 Å². The maximum absolute atomic E-state index is 12.7. The summed E-state index contributed by atoms with van der Waals surface area (Å²) in [6.07, 6.45) is 4.92. The predicted molar refractivity (Wildman–Crippen MR) is 63.4 cm³/mol. The smallest absolute Gasteiger partial charge is 0.411 e. The molecule has 0 atom stereocenters. The van der Waals surface area contributed by atoms with Crippen LogP contribution in [0.2, 0.25) is 0 Å². The molecule has 1 fully saturated rings. The molecule has 0 saturated heterocycles. The zero-order chi connectivity index (χ0) is 12.1. The van der Waals surface area contributed by atoms with Gasteiger partial charge in [0, 0.05) is 5.69 Å². The van der Waals surface area contributed by atoms with Crippen LogP contribution in [0.5, 0.6) is 0 Å². The number of hydrogen-bond acceptors (Lipinski definition) is 2. The van der Waals surface area contributed by atoms with Crippen molar-refractivity contribution in [3.63, 3.8) is 0 Å². The van der Waals surface area contributed by atoms with Crippen molar-refractivity contribution >= 4 is 11.8 Å². The summed E-state index contributed by atoms with van der Waals surface area (Å²) in [4.78, 5) is 11.5. The van der Waals surface area contributed by atoms with Crippen LogP contribution in [0, 0.1) is 5.82 Å². The summed E-state index contributed by atoms with van der Waals surface area (Å²) in [5.74, 6) is -0.323. The Balaban J connectivity index is 1.82. The van der Waals surface area contributed by atoms with Crippen LogP contribution in [0.25, 0.3) is 0 Å². The molecular formula is C13H16FNO2. The van der Waals surface area contributed by atoms with E-state index in [1.165, 1.54) is 30.7 Å². The third-order valence-electron chi connectivity index (χ3n) is 2.92. The lowest BCUT2D eigenvalue weighted by Gasteiger charge is -2.21. The summed E-state index contributed by atoms with van der Waals surface area (Å²) in [7, 11) is 0. The minimum absolute atomic E-state index is 0.0317. The lowest BCUT2D eigenvalue weighted by molar-refractivity contribution is 0.0865. The molecule has 0 unspecified atom stereocenters. The van der Waals surface area contributed by atoms with Crippen molar-refractivity contribution in [1.29, 1.82) is 0 Å². The summed E-state index contributed by atoms with van der Waals surface area (Å²) in [5.41, 5.74) is 0.548. The van der Waals surface area contributed by atoms with E-state index in [0.717, 1.165) is 25.7 Å². The van der Waals surface area contributed by atoms with Gasteiger partial charge in [0.25, 0.3) is 0 Å². The van der Waals surface area contributed by atoms with Gasteiger partial charge in [0.05, 0.1) is 0 Å². The van der Waals surface area contributed by atoms with E-state index in [9.17, 15) is 9.18 Å². The number of amides is 1. The van der Waals surface area contributed by atoms with Crippen LogP contribution in [-0.2, 0) is 4.74 Å². The van der Waals surface area contributed by atoms with E-state index in [-0.39, 0.29) is 11.9 Å². The van der Waals surface area contributed by atoms with Crippen molar-refractivity contribution in [3.05, 3.63) is 30.1 Å². The highest BCUT2D eigenvalue weighted by Gasteiger charge is 2.17. The second-order valence-electron chi connectivity index (χ2n) is 4.30.